The van der Waals surface area contributed by atoms with Gasteiger partial charge in [0.2, 0.25) is 0 Å². The van der Waals surface area contributed by atoms with Gasteiger partial charge in [-0.15, -0.1) is 0 Å². The van der Waals surface area contributed by atoms with Crippen LogP contribution in [0.3, 0.4) is 0 Å². The van der Waals surface area contributed by atoms with Crippen molar-refractivity contribution in [1.29, 1.82) is 0 Å². The lowest BCUT2D eigenvalue weighted by Gasteiger charge is -2.24. The van der Waals surface area contributed by atoms with Gasteiger partial charge in [-0.1, -0.05) is 61.0 Å². The maximum Gasteiger partial charge on any atom is 0.0704 e. The Balaban J connectivity index is 1.71. The molecule has 0 spiro atoms. The molecule has 0 bridgehead atoms. The fraction of sp³-hybridized carbons (Fsp3) is 0.292. The zero-order valence-corrected chi connectivity index (χ0v) is 15.3. The summed E-state index contributed by atoms with van der Waals surface area (Å²) >= 11 is 0. The van der Waals surface area contributed by atoms with Gasteiger partial charge < -0.3 is 0 Å². The Morgan fingerprint density at radius 1 is 1.04 bits per heavy atom. The van der Waals surface area contributed by atoms with Crippen molar-refractivity contribution in [3.05, 3.63) is 76.9 Å². The summed E-state index contributed by atoms with van der Waals surface area (Å²) in [4.78, 5) is 5.09. The van der Waals surface area contributed by atoms with Crippen LogP contribution in [0.4, 0.5) is 5.69 Å². The van der Waals surface area contributed by atoms with Gasteiger partial charge in [0.15, 0.2) is 0 Å². The lowest BCUT2D eigenvalue weighted by molar-refractivity contribution is 0.662. The Morgan fingerprint density at radius 2 is 1.80 bits per heavy atom. The Kier molecular flexibility index (Phi) is 4.17. The topological polar surface area (TPSA) is 12.4 Å². The third-order valence-corrected chi connectivity index (χ3v) is 5.67. The first-order valence-electron chi connectivity index (χ1n) is 9.26. The van der Waals surface area contributed by atoms with Crippen LogP contribution in [-0.4, -0.2) is 5.71 Å². The Labute approximate surface area is 150 Å². The minimum Gasteiger partial charge on any atom is -0.257 e. The quantitative estimate of drug-likeness (QED) is 0.587. The molecule has 0 N–H and O–H groups in total. The molecule has 0 saturated heterocycles. The molecule has 1 atom stereocenters. The monoisotopic (exact) mass is 327 g/mol. The molecule has 2 aliphatic rings. The van der Waals surface area contributed by atoms with Gasteiger partial charge in [-0.25, -0.2) is 0 Å². The first-order valence-corrected chi connectivity index (χ1v) is 9.26. The van der Waals surface area contributed by atoms with Crippen LogP contribution in [0.2, 0.25) is 0 Å². The molecule has 0 aliphatic heterocycles. The number of aliphatic imine (C=N–C) groups is 1. The molecule has 0 aromatic heterocycles. The third kappa shape index (κ3) is 2.89. The van der Waals surface area contributed by atoms with Gasteiger partial charge in [-0.2, -0.15) is 0 Å². The van der Waals surface area contributed by atoms with Crippen LogP contribution in [0.5, 0.6) is 0 Å². The molecular formula is C24H25N. The summed E-state index contributed by atoms with van der Waals surface area (Å²) in [5.41, 5.74) is 11.0. The van der Waals surface area contributed by atoms with E-state index in [-0.39, 0.29) is 0 Å². The van der Waals surface area contributed by atoms with Gasteiger partial charge >= 0.3 is 0 Å². The molecule has 4 rings (SSSR count). The first-order chi connectivity index (χ1) is 12.2. The zero-order chi connectivity index (χ0) is 17.4. The van der Waals surface area contributed by atoms with Crippen LogP contribution in [0.1, 0.15) is 50.3 Å². The molecule has 0 fully saturated rings. The second-order valence-corrected chi connectivity index (χ2v) is 7.29. The molecule has 2 aromatic carbocycles. The molecule has 0 saturated carbocycles. The predicted octanol–water partition coefficient (Wildman–Crippen LogP) is 6.62. The fourth-order valence-electron chi connectivity index (χ4n) is 4.20. The standard InChI is InChI=1S/C24H25N/c1-4-16(2)20-10-7-8-12-24(20)25-19-14-22-17(3)13-18-9-5-6-11-21(18)23(22)15-19/h4-12,17H,13-15H2,1-3H3/b16-4-,25-19?. The number of rotatable bonds is 2. The Bertz CT molecular complexity index is 911. The van der Waals surface area contributed by atoms with E-state index in [1.165, 1.54) is 33.5 Å². The fourth-order valence-corrected chi connectivity index (χ4v) is 4.20. The van der Waals surface area contributed by atoms with E-state index in [4.69, 9.17) is 4.99 Å². The molecule has 0 heterocycles. The maximum atomic E-state index is 5.09. The average Bonchev–Trinajstić information content (AvgIpc) is 3.06. The smallest absolute Gasteiger partial charge is 0.0704 e. The lowest BCUT2D eigenvalue weighted by Crippen LogP contribution is -2.10. The van der Waals surface area contributed by atoms with Gasteiger partial charge in [-0.05, 0) is 54.5 Å². The minimum atomic E-state index is 0.630. The van der Waals surface area contributed by atoms with Gasteiger partial charge in [0.05, 0.1) is 5.69 Å². The molecule has 1 unspecified atom stereocenters. The summed E-state index contributed by atoms with van der Waals surface area (Å²) < 4.78 is 0. The van der Waals surface area contributed by atoms with E-state index in [2.05, 4.69) is 75.4 Å². The highest BCUT2D eigenvalue weighted by atomic mass is 14.8. The van der Waals surface area contributed by atoms with Crippen molar-refractivity contribution in [2.45, 2.75) is 40.0 Å². The van der Waals surface area contributed by atoms with E-state index >= 15 is 0 Å². The van der Waals surface area contributed by atoms with Crippen molar-refractivity contribution in [1.82, 2.24) is 0 Å². The maximum absolute atomic E-state index is 5.09. The van der Waals surface area contributed by atoms with Crippen molar-refractivity contribution in [2.75, 3.05) is 0 Å². The summed E-state index contributed by atoms with van der Waals surface area (Å²) in [6.45, 7) is 6.62. The summed E-state index contributed by atoms with van der Waals surface area (Å²) in [6, 6.07) is 17.4. The van der Waals surface area contributed by atoms with Crippen molar-refractivity contribution in [3.63, 3.8) is 0 Å². The molecule has 0 radical (unpaired) electrons. The van der Waals surface area contributed by atoms with E-state index in [1.54, 1.807) is 5.57 Å². The van der Waals surface area contributed by atoms with Crippen molar-refractivity contribution >= 4 is 22.5 Å². The second kappa shape index (κ2) is 6.48. The van der Waals surface area contributed by atoms with Gasteiger partial charge in [-0.3, -0.25) is 4.99 Å². The number of hydrogen-bond acceptors (Lipinski definition) is 1. The predicted molar refractivity (Wildman–Crippen MR) is 108 cm³/mol. The van der Waals surface area contributed by atoms with Crippen molar-refractivity contribution < 1.29 is 0 Å². The Hall–Kier alpha value is -2.41. The molecule has 0 amide bonds. The summed E-state index contributed by atoms with van der Waals surface area (Å²) in [5, 5.41) is 0. The van der Waals surface area contributed by atoms with E-state index < -0.39 is 0 Å². The molecular weight excluding hydrogens is 302 g/mol. The Morgan fingerprint density at radius 3 is 2.64 bits per heavy atom. The van der Waals surface area contributed by atoms with Crippen LogP contribution in [0.25, 0.3) is 11.1 Å². The molecule has 2 aromatic rings. The van der Waals surface area contributed by atoms with Gasteiger partial charge in [0, 0.05) is 24.1 Å². The first kappa shape index (κ1) is 16.1. The number of benzene rings is 2. The molecule has 126 valence electrons. The lowest BCUT2D eigenvalue weighted by atomic mass is 9.81. The van der Waals surface area contributed by atoms with Gasteiger partial charge in [0.1, 0.15) is 0 Å². The molecule has 25 heavy (non-hydrogen) atoms. The molecule has 2 aliphatic carbocycles. The van der Waals surface area contributed by atoms with Crippen LogP contribution in [0.15, 0.2) is 65.2 Å². The van der Waals surface area contributed by atoms with E-state index in [9.17, 15) is 0 Å². The van der Waals surface area contributed by atoms with Crippen LogP contribution >= 0.6 is 0 Å². The number of allylic oxidation sites excluding steroid dienone is 4. The third-order valence-electron chi connectivity index (χ3n) is 5.67. The normalized spacial score (nSPS) is 21.5. The number of hydrogen-bond donors (Lipinski definition) is 0. The second-order valence-electron chi connectivity index (χ2n) is 7.29. The number of fused-ring (bicyclic) bond motifs is 2. The van der Waals surface area contributed by atoms with Gasteiger partial charge in [0.25, 0.3) is 0 Å². The van der Waals surface area contributed by atoms with Crippen LogP contribution < -0.4 is 0 Å². The highest BCUT2D eigenvalue weighted by molar-refractivity contribution is 6.04. The largest absolute Gasteiger partial charge is 0.257 e. The highest BCUT2D eigenvalue weighted by Crippen LogP contribution is 2.43. The average molecular weight is 327 g/mol. The molecule has 1 nitrogen and oxygen atoms in total. The van der Waals surface area contributed by atoms with Crippen LogP contribution in [-0.2, 0) is 6.42 Å². The SMILES string of the molecule is C/C=C(/C)c1ccccc1N=C1CC2=C(C1)C(C)Cc1ccccc12. The van der Waals surface area contributed by atoms with E-state index in [0.717, 1.165) is 24.9 Å². The molecule has 1 heteroatoms. The summed E-state index contributed by atoms with van der Waals surface area (Å²) in [5.74, 6) is 0.630. The summed E-state index contributed by atoms with van der Waals surface area (Å²) in [6.07, 6.45) is 5.36. The highest BCUT2D eigenvalue weighted by Gasteiger charge is 2.30. The number of para-hydroxylation sites is 1. The van der Waals surface area contributed by atoms with Crippen molar-refractivity contribution in [3.8, 4) is 0 Å². The van der Waals surface area contributed by atoms with E-state index in [0.29, 0.717) is 5.92 Å². The number of nitrogens with zero attached hydrogens (tertiary/aromatic N) is 1. The zero-order valence-electron chi connectivity index (χ0n) is 15.3. The van der Waals surface area contributed by atoms with E-state index in [1.807, 2.05) is 0 Å². The summed E-state index contributed by atoms with van der Waals surface area (Å²) in [7, 11) is 0. The van der Waals surface area contributed by atoms with Crippen molar-refractivity contribution in [2.24, 2.45) is 10.9 Å². The van der Waals surface area contributed by atoms with Crippen LogP contribution in [0, 0.1) is 5.92 Å². The minimum absolute atomic E-state index is 0.630.